The predicted octanol–water partition coefficient (Wildman–Crippen LogP) is 3.48. The molecular weight excluding hydrogens is 311 g/mol. The number of nitrogens with one attached hydrogen (secondary N) is 1. The molecule has 0 bridgehead atoms. The maximum Gasteiger partial charge on any atom is 0.329 e. The van der Waals surface area contributed by atoms with Crippen LogP contribution in [-0.4, -0.2) is 9.55 Å². The first-order valence-corrected chi connectivity index (χ1v) is 7.54. The topological polar surface area (TPSA) is 54.9 Å². The summed E-state index contributed by atoms with van der Waals surface area (Å²) in [5.41, 5.74) is -0.0561. The quantitative estimate of drug-likeness (QED) is 0.860. The highest BCUT2D eigenvalue weighted by molar-refractivity contribution is 6.35. The normalized spacial score (nSPS) is 21.1. The number of hydrogen-bond acceptors (Lipinski definition) is 2. The number of aromatic amines is 1. The van der Waals surface area contributed by atoms with Gasteiger partial charge in [0.25, 0.3) is 5.56 Å². The van der Waals surface area contributed by atoms with E-state index in [2.05, 4.69) is 11.9 Å². The van der Waals surface area contributed by atoms with Crippen molar-refractivity contribution in [1.82, 2.24) is 9.55 Å². The average Bonchev–Trinajstić information content (AvgIpc) is 2.38. The van der Waals surface area contributed by atoms with Crippen LogP contribution in [0, 0.1) is 5.92 Å². The third kappa shape index (κ3) is 2.43. The number of halogens is 2. The Morgan fingerprint density at radius 2 is 1.86 bits per heavy atom. The predicted molar refractivity (Wildman–Crippen MR) is 84.2 cm³/mol. The number of H-pyrrole nitrogens is 1. The van der Waals surface area contributed by atoms with Crippen molar-refractivity contribution in [3.63, 3.8) is 0 Å². The first kappa shape index (κ1) is 14.4. The lowest BCUT2D eigenvalue weighted by Gasteiger charge is -2.33. The average molecular weight is 325 g/mol. The number of rotatable bonds is 2. The third-order valence-electron chi connectivity index (χ3n) is 3.94. The Labute approximate surface area is 131 Å². The molecule has 1 aromatic heterocycles. The van der Waals surface area contributed by atoms with Crippen molar-refractivity contribution in [2.45, 2.75) is 25.8 Å². The Morgan fingerprint density at radius 3 is 2.48 bits per heavy atom. The van der Waals surface area contributed by atoms with Crippen LogP contribution in [0.4, 0.5) is 0 Å². The van der Waals surface area contributed by atoms with Crippen LogP contribution >= 0.6 is 23.2 Å². The maximum absolute atomic E-state index is 12.7. The van der Waals surface area contributed by atoms with Gasteiger partial charge in [0, 0.05) is 16.6 Å². The molecule has 1 heterocycles. The molecule has 21 heavy (non-hydrogen) atoms. The number of benzene rings is 1. The highest BCUT2D eigenvalue weighted by atomic mass is 35.5. The van der Waals surface area contributed by atoms with E-state index in [1.165, 1.54) is 4.57 Å². The lowest BCUT2D eigenvalue weighted by molar-refractivity contribution is 0.205. The van der Waals surface area contributed by atoms with Gasteiger partial charge in [0.2, 0.25) is 0 Å². The third-order valence-corrected chi connectivity index (χ3v) is 4.56. The Hall–Kier alpha value is -1.52. The summed E-state index contributed by atoms with van der Waals surface area (Å²) in [6.45, 7) is 2.10. The summed E-state index contributed by atoms with van der Waals surface area (Å²) < 4.78 is 1.27. The molecule has 0 spiro atoms. The molecule has 1 saturated carbocycles. The maximum atomic E-state index is 12.7. The van der Waals surface area contributed by atoms with E-state index in [4.69, 9.17) is 23.2 Å². The summed E-state index contributed by atoms with van der Waals surface area (Å²) in [7, 11) is 0. The fourth-order valence-corrected chi connectivity index (χ4v) is 3.32. The lowest BCUT2D eigenvalue weighted by Crippen LogP contribution is -2.43. The molecule has 0 unspecified atom stereocenters. The minimum Gasteiger partial charge on any atom is -0.297 e. The van der Waals surface area contributed by atoms with E-state index in [-0.39, 0.29) is 22.3 Å². The Kier molecular flexibility index (Phi) is 3.68. The molecule has 2 aromatic rings. The van der Waals surface area contributed by atoms with Crippen LogP contribution in [0.25, 0.3) is 11.1 Å². The highest BCUT2D eigenvalue weighted by Gasteiger charge is 2.30. The molecule has 0 atom stereocenters. The van der Waals surface area contributed by atoms with Gasteiger partial charge >= 0.3 is 5.69 Å². The number of hydrogen-bond donors (Lipinski definition) is 1. The second-order valence-corrected chi connectivity index (χ2v) is 6.29. The Morgan fingerprint density at radius 1 is 1.19 bits per heavy atom. The minimum absolute atomic E-state index is 0.0294. The summed E-state index contributed by atoms with van der Waals surface area (Å²) in [6, 6.07) is 6.90. The largest absolute Gasteiger partial charge is 0.329 e. The van der Waals surface area contributed by atoms with Gasteiger partial charge in [-0.05, 0) is 24.8 Å². The van der Waals surface area contributed by atoms with E-state index in [0.29, 0.717) is 16.5 Å². The van der Waals surface area contributed by atoms with E-state index < -0.39 is 5.69 Å². The van der Waals surface area contributed by atoms with Gasteiger partial charge in [-0.15, -0.1) is 0 Å². The molecule has 4 nitrogen and oxygen atoms in total. The first-order valence-electron chi connectivity index (χ1n) is 6.78. The van der Waals surface area contributed by atoms with Crippen LogP contribution in [0.5, 0.6) is 0 Å². The number of aromatic nitrogens is 2. The Balaban J connectivity index is 2.23. The Bertz CT molecular complexity index is 804. The molecule has 1 aliphatic rings. The van der Waals surface area contributed by atoms with E-state index in [0.717, 1.165) is 12.8 Å². The monoisotopic (exact) mass is 324 g/mol. The van der Waals surface area contributed by atoms with E-state index in [1.807, 2.05) is 0 Å². The first-order chi connectivity index (χ1) is 9.99. The second-order valence-electron chi connectivity index (χ2n) is 5.50. The second kappa shape index (κ2) is 5.35. The van der Waals surface area contributed by atoms with E-state index in [1.54, 1.807) is 24.3 Å². The number of nitrogens with zero attached hydrogens (tertiary/aromatic N) is 1. The van der Waals surface area contributed by atoms with Crippen LogP contribution in [0.15, 0.2) is 33.9 Å². The molecule has 110 valence electrons. The summed E-state index contributed by atoms with van der Waals surface area (Å²) in [5, 5.41) is 0.457. The SMILES string of the molecule is CC1CC(n2c(=O)[nH]c(Cl)c(-c3ccccc3Cl)c2=O)C1. The van der Waals surface area contributed by atoms with Crippen molar-refractivity contribution in [1.29, 1.82) is 0 Å². The van der Waals surface area contributed by atoms with Crippen LogP contribution < -0.4 is 11.2 Å². The molecule has 1 aromatic carbocycles. The molecule has 0 radical (unpaired) electrons. The van der Waals surface area contributed by atoms with Crippen molar-refractivity contribution in [3.8, 4) is 11.1 Å². The van der Waals surface area contributed by atoms with Gasteiger partial charge in [0.05, 0.1) is 5.56 Å². The molecule has 3 rings (SSSR count). The lowest BCUT2D eigenvalue weighted by atomic mass is 9.81. The fourth-order valence-electron chi connectivity index (χ4n) is 2.82. The molecule has 1 fully saturated rings. The van der Waals surface area contributed by atoms with Gasteiger partial charge in [0.15, 0.2) is 0 Å². The zero-order valence-corrected chi connectivity index (χ0v) is 12.9. The highest BCUT2D eigenvalue weighted by Crippen LogP contribution is 2.36. The summed E-state index contributed by atoms with van der Waals surface area (Å²) in [5.74, 6) is 0.528. The van der Waals surface area contributed by atoms with Crippen LogP contribution in [-0.2, 0) is 0 Å². The van der Waals surface area contributed by atoms with Crippen molar-refractivity contribution >= 4 is 23.2 Å². The zero-order valence-electron chi connectivity index (χ0n) is 11.4. The van der Waals surface area contributed by atoms with Crippen LogP contribution in [0.1, 0.15) is 25.8 Å². The molecule has 0 saturated heterocycles. The van der Waals surface area contributed by atoms with Crippen molar-refractivity contribution < 1.29 is 0 Å². The standard InChI is InChI=1S/C15H14Cl2N2O2/c1-8-6-9(7-8)19-14(20)12(13(17)18-15(19)21)10-4-2-3-5-11(10)16/h2-5,8-9H,6-7H2,1H3,(H,18,21). The molecule has 6 heteroatoms. The summed E-state index contributed by atoms with van der Waals surface area (Å²) in [6.07, 6.45) is 1.65. The molecular formula is C15H14Cl2N2O2. The molecule has 1 N–H and O–H groups in total. The minimum atomic E-state index is -0.460. The molecule has 0 aliphatic heterocycles. The van der Waals surface area contributed by atoms with E-state index in [9.17, 15) is 9.59 Å². The van der Waals surface area contributed by atoms with Gasteiger partial charge in [0.1, 0.15) is 5.15 Å². The summed E-state index contributed by atoms with van der Waals surface area (Å²) in [4.78, 5) is 27.3. The molecule has 0 amide bonds. The van der Waals surface area contributed by atoms with Crippen LogP contribution in [0.3, 0.4) is 0 Å². The van der Waals surface area contributed by atoms with Gasteiger partial charge in [-0.3, -0.25) is 14.3 Å². The van der Waals surface area contributed by atoms with Crippen molar-refractivity contribution in [3.05, 3.63) is 55.3 Å². The smallest absolute Gasteiger partial charge is 0.297 e. The van der Waals surface area contributed by atoms with Gasteiger partial charge in [-0.2, -0.15) is 0 Å². The van der Waals surface area contributed by atoms with E-state index >= 15 is 0 Å². The zero-order chi connectivity index (χ0) is 15.1. The van der Waals surface area contributed by atoms with Gasteiger partial charge in [-0.25, -0.2) is 4.79 Å². The van der Waals surface area contributed by atoms with Gasteiger partial charge in [-0.1, -0.05) is 48.3 Å². The summed E-state index contributed by atoms with van der Waals surface area (Å²) >= 11 is 12.2. The fraction of sp³-hybridized carbons (Fsp3) is 0.333. The van der Waals surface area contributed by atoms with Crippen molar-refractivity contribution in [2.75, 3.05) is 0 Å². The van der Waals surface area contributed by atoms with Crippen LogP contribution in [0.2, 0.25) is 10.2 Å². The van der Waals surface area contributed by atoms with Gasteiger partial charge < -0.3 is 0 Å². The van der Waals surface area contributed by atoms with Crippen molar-refractivity contribution in [2.24, 2.45) is 5.92 Å². The molecule has 1 aliphatic carbocycles.